The Morgan fingerprint density at radius 3 is 2.35 bits per heavy atom. The number of amides is 1. The first-order valence-corrected chi connectivity index (χ1v) is 8.37. The molecule has 0 saturated heterocycles. The van der Waals surface area contributed by atoms with Gasteiger partial charge in [0.2, 0.25) is 5.91 Å². The van der Waals surface area contributed by atoms with Crippen molar-refractivity contribution in [1.29, 1.82) is 0 Å². The molecule has 2 aromatic rings. The highest BCUT2D eigenvalue weighted by molar-refractivity contribution is 7.99. The van der Waals surface area contributed by atoms with Crippen LogP contribution < -0.4 is 5.32 Å². The zero-order chi connectivity index (χ0) is 16.5. The summed E-state index contributed by atoms with van der Waals surface area (Å²) >= 11 is 1.67. The van der Waals surface area contributed by atoms with Crippen LogP contribution in [-0.2, 0) is 4.79 Å². The van der Waals surface area contributed by atoms with Crippen LogP contribution in [0, 0.1) is 5.82 Å². The molecule has 0 heterocycles. The number of thioether (sulfide) groups is 1. The zero-order valence-corrected chi connectivity index (χ0v) is 13.4. The molecule has 1 N–H and O–H groups in total. The monoisotopic (exact) mass is 331 g/mol. The maximum atomic E-state index is 12.8. The van der Waals surface area contributed by atoms with Crippen molar-refractivity contribution in [2.24, 2.45) is 0 Å². The third-order valence-corrected chi connectivity index (χ3v) is 4.20. The van der Waals surface area contributed by atoms with Gasteiger partial charge in [0, 0.05) is 35.6 Å². The molecule has 0 aliphatic carbocycles. The van der Waals surface area contributed by atoms with Crippen molar-refractivity contribution >= 4 is 23.5 Å². The first-order valence-electron chi connectivity index (χ1n) is 7.38. The number of benzene rings is 2. The molecule has 0 radical (unpaired) electrons. The van der Waals surface area contributed by atoms with Crippen LogP contribution in [0.25, 0.3) is 0 Å². The summed E-state index contributed by atoms with van der Waals surface area (Å²) in [5, 5.41) is 2.80. The lowest BCUT2D eigenvalue weighted by molar-refractivity contribution is -0.120. The van der Waals surface area contributed by atoms with Gasteiger partial charge in [0.1, 0.15) is 5.82 Å². The standard InChI is InChI=1S/C18H18FNO2S/c19-15-8-6-14(7-9-15)17(21)10-11-18(22)20-12-13-23-16-4-2-1-3-5-16/h1-9H,10-13H2,(H,20,22). The summed E-state index contributed by atoms with van der Waals surface area (Å²) < 4.78 is 12.8. The van der Waals surface area contributed by atoms with Crippen molar-refractivity contribution in [3.63, 3.8) is 0 Å². The molecule has 120 valence electrons. The van der Waals surface area contributed by atoms with Gasteiger partial charge in [0.15, 0.2) is 5.78 Å². The van der Waals surface area contributed by atoms with E-state index in [9.17, 15) is 14.0 Å². The molecule has 1 amide bonds. The minimum absolute atomic E-state index is 0.128. The Kier molecular flexibility index (Phi) is 6.81. The lowest BCUT2D eigenvalue weighted by Crippen LogP contribution is -2.26. The lowest BCUT2D eigenvalue weighted by atomic mass is 10.1. The van der Waals surface area contributed by atoms with Gasteiger partial charge in [-0.15, -0.1) is 11.8 Å². The minimum Gasteiger partial charge on any atom is -0.355 e. The van der Waals surface area contributed by atoms with Crippen molar-refractivity contribution in [3.05, 3.63) is 66.0 Å². The summed E-state index contributed by atoms with van der Waals surface area (Å²) in [6.45, 7) is 0.559. The summed E-state index contributed by atoms with van der Waals surface area (Å²) in [6, 6.07) is 15.3. The first kappa shape index (κ1) is 17.2. The Morgan fingerprint density at radius 2 is 1.65 bits per heavy atom. The van der Waals surface area contributed by atoms with Gasteiger partial charge in [-0.3, -0.25) is 9.59 Å². The molecule has 2 rings (SSSR count). The molecular formula is C18H18FNO2S. The largest absolute Gasteiger partial charge is 0.355 e. The maximum Gasteiger partial charge on any atom is 0.220 e. The molecule has 2 aromatic carbocycles. The van der Waals surface area contributed by atoms with Crippen LogP contribution >= 0.6 is 11.8 Å². The molecular weight excluding hydrogens is 313 g/mol. The molecule has 5 heteroatoms. The molecule has 0 saturated carbocycles. The van der Waals surface area contributed by atoms with Gasteiger partial charge in [0.05, 0.1) is 0 Å². The van der Waals surface area contributed by atoms with Gasteiger partial charge in [-0.1, -0.05) is 18.2 Å². The number of Topliss-reactive ketones (excluding diaryl/α,β-unsaturated/α-hetero) is 1. The van der Waals surface area contributed by atoms with Crippen molar-refractivity contribution in [2.75, 3.05) is 12.3 Å². The van der Waals surface area contributed by atoms with E-state index in [-0.39, 0.29) is 30.3 Å². The smallest absolute Gasteiger partial charge is 0.220 e. The predicted octanol–water partition coefficient (Wildman–Crippen LogP) is 3.70. The van der Waals surface area contributed by atoms with Crippen LogP contribution in [0.4, 0.5) is 4.39 Å². The van der Waals surface area contributed by atoms with E-state index in [1.165, 1.54) is 24.3 Å². The highest BCUT2D eigenvalue weighted by atomic mass is 32.2. The summed E-state index contributed by atoms with van der Waals surface area (Å²) in [5.41, 5.74) is 0.429. The number of hydrogen-bond donors (Lipinski definition) is 1. The Balaban J connectivity index is 1.63. The molecule has 0 aromatic heterocycles. The molecule has 0 fully saturated rings. The quantitative estimate of drug-likeness (QED) is 0.456. The van der Waals surface area contributed by atoms with Crippen LogP contribution in [0.3, 0.4) is 0 Å². The van der Waals surface area contributed by atoms with Crippen LogP contribution in [0.15, 0.2) is 59.5 Å². The first-order chi connectivity index (χ1) is 11.1. The number of hydrogen-bond acceptors (Lipinski definition) is 3. The Hall–Kier alpha value is -2.14. The Bertz CT molecular complexity index is 644. The molecule has 0 spiro atoms. The van der Waals surface area contributed by atoms with Crippen LogP contribution in [-0.4, -0.2) is 24.0 Å². The topological polar surface area (TPSA) is 46.2 Å². The maximum absolute atomic E-state index is 12.8. The van der Waals surface area contributed by atoms with E-state index in [0.717, 1.165) is 10.6 Å². The number of halogens is 1. The van der Waals surface area contributed by atoms with E-state index in [1.807, 2.05) is 30.3 Å². The second-order valence-electron chi connectivity index (χ2n) is 4.94. The number of ketones is 1. The van der Waals surface area contributed by atoms with Gasteiger partial charge in [-0.2, -0.15) is 0 Å². The fourth-order valence-corrected chi connectivity index (χ4v) is 2.76. The van der Waals surface area contributed by atoms with Gasteiger partial charge in [-0.25, -0.2) is 4.39 Å². The number of rotatable bonds is 8. The van der Waals surface area contributed by atoms with E-state index in [0.29, 0.717) is 12.1 Å². The van der Waals surface area contributed by atoms with Gasteiger partial charge >= 0.3 is 0 Å². The van der Waals surface area contributed by atoms with Crippen molar-refractivity contribution in [3.8, 4) is 0 Å². The summed E-state index contributed by atoms with van der Waals surface area (Å²) in [7, 11) is 0. The molecule has 0 atom stereocenters. The van der Waals surface area contributed by atoms with Gasteiger partial charge in [-0.05, 0) is 36.4 Å². The Labute approximate surface area is 139 Å². The van der Waals surface area contributed by atoms with E-state index in [4.69, 9.17) is 0 Å². The SMILES string of the molecule is O=C(CCC(=O)c1ccc(F)cc1)NCCSc1ccccc1. The third-order valence-electron chi connectivity index (χ3n) is 3.18. The van der Waals surface area contributed by atoms with E-state index in [2.05, 4.69) is 5.32 Å². The predicted molar refractivity (Wildman–Crippen MR) is 90.1 cm³/mol. The highest BCUT2D eigenvalue weighted by Crippen LogP contribution is 2.15. The lowest BCUT2D eigenvalue weighted by Gasteiger charge is -2.05. The molecule has 0 aliphatic rings. The fourth-order valence-electron chi connectivity index (χ4n) is 1.97. The second kappa shape index (κ2) is 9.10. The summed E-state index contributed by atoms with van der Waals surface area (Å²) in [5.74, 6) is 0.102. The summed E-state index contributed by atoms with van der Waals surface area (Å²) in [6.07, 6.45) is 0.273. The van der Waals surface area contributed by atoms with Gasteiger partial charge in [0.25, 0.3) is 0 Å². The summed E-state index contributed by atoms with van der Waals surface area (Å²) in [4.78, 5) is 24.7. The van der Waals surface area contributed by atoms with Crippen LogP contribution in [0.2, 0.25) is 0 Å². The minimum atomic E-state index is -0.379. The average molecular weight is 331 g/mol. The molecule has 23 heavy (non-hydrogen) atoms. The zero-order valence-electron chi connectivity index (χ0n) is 12.6. The molecule has 0 aliphatic heterocycles. The normalized spacial score (nSPS) is 10.3. The number of nitrogens with one attached hydrogen (secondary N) is 1. The molecule has 0 bridgehead atoms. The Morgan fingerprint density at radius 1 is 0.957 bits per heavy atom. The highest BCUT2D eigenvalue weighted by Gasteiger charge is 2.09. The van der Waals surface area contributed by atoms with E-state index < -0.39 is 0 Å². The van der Waals surface area contributed by atoms with Crippen LogP contribution in [0.1, 0.15) is 23.2 Å². The third kappa shape index (κ3) is 6.24. The number of carbonyl (C=O) groups excluding carboxylic acids is 2. The van der Waals surface area contributed by atoms with Crippen molar-refractivity contribution in [2.45, 2.75) is 17.7 Å². The van der Waals surface area contributed by atoms with E-state index in [1.54, 1.807) is 11.8 Å². The number of carbonyl (C=O) groups is 2. The van der Waals surface area contributed by atoms with Crippen LogP contribution in [0.5, 0.6) is 0 Å². The second-order valence-corrected chi connectivity index (χ2v) is 6.11. The van der Waals surface area contributed by atoms with Crippen molar-refractivity contribution < 1.29 is 14.0 Å². The van der Waals surface area contributed by atoms with E-state index >= 15 is 0 Å². The fraction of sp³-hybridized carbons (Fsp3) is 0.222. The van der Waals surface area contributed by atoms with Gasteiger partial charge < -0.3 is 5.32 Å². The average Bonchev–Trinajstić information content (AvgIpc) is 2.58. The van der Waals surface area contributed by atoms with Crippen molar-refractivity contribution in [1.82, 2.24) is 5.32 Å². The molecule has 0 unspecified atom stereocenters. The molecule has 3 nitrogen and oxygen atoms in total.